The maximum Gasteiger partial charge on any atom is 0.0388 e. The van der Waals surface area contributed by atoms with E-state index in [1.165, 1.54) is 49.0 Å². The maximum absolute atomic E-state index is 3.74. The first-order chi connectivity index (χ1) is 9.56. The van der Waals surface area contributed by atoms with E-state index in [2.05, 4.69) is 50.2 Å². The number of nitrogens with one attached hydrogen (secondary N) is 1. The number of likely N-dealkylation sites (tertiary alicyclic amines) is 1. The van der Waals surface area contributed by atoms with Gasteiger partial charge in [-0.2, -0.15) is 0 Å². The van der Waals surface area contributed by atoms with Crippen molar-refractivity contribution in [3.05, 3.63) is 34.4 Å². The highest BCUT2D eigenvalue weighted by Crippen LogP contribution is 2.38. The third-order valence-electron chi connectivity index (χ3n) is 5.22. The van der Waals surface area contributed by atoms with Crippen LogP contribution in [-0.4, -0.2) is 31.1 Å². The van der Waals surface area contributed by atoms with E-state index in [0.29, 0.717) is 6.04 Å². The molecule has 1 aromatic carbocycles. The molecule has 1 aliphatic carbocycles. The van der Waals surface area contributed by atoms with Crippen molar-refractivity contribution < 1.29 is 0 Å². The van der Waals surface area contributed by atoms with Crippen molar-refractivity contribution >= 4 is 0 Å². The van der Waals surface area contributed by atoms with Crippen LogP contribution in [0, 0.1) is 26.7 Å². The van der Waals surface area contributed by atoms with Gasteiger partial charge in [-0.25, -0.2) is 0 Å². The SMILES string of the molecule is Cc1cc(C)c(C2C(CNC3CC3)CCN2C)cc1C. The zero-order valence-electron chi connectivity index (χ0n) is 13.4. The molecule has 1 N–H and O–H groups in total. The second-order valence-corrected chi connectivity index (χ2v) is 6.95. The Labute approximate surface area is 123 Å². The molecule has 2 aliphatic rings. The predicted octanol–water partition coefficient (Wildman–Crippen LogP) is 3.36. The summed E-state index contributed by atoms with van der Waals surface area (Å²) in [6, 6.07) is 6.21. The van der Waals surface area contributed by atoms with Crippen LogP contribution < -0.4 is 5.32 Å². The molecule has 1 aromatic rings. The molecule has 0 amide bonds. The predicted molar refractivity (Wildman–Crippen MR) is 85.2 cm³/mol. The van der Waals surface area contributed by atoms with Crippen LogP contribution in [0.15, 0.2) is 12.1 Å². The highest BCUT2D eigenvalue weighted by molar-refractivity contribution is 5.39. The Morgan fingerprint density at radius 1 is 1.05 bits per heavy atom. The Hall–Kier alpha value is -0.860. The van der Waals surface area contributed by atoms with Gasteiger partial charge in [-0.05, 0) is 81.8 Å². The topological polar surface area (TPSA) is 15.3 Å². The summed E-state index contributed by atoms with van der Waals surface area (Å²) >= 11 is 0. The Bertz CT molecular complexity index is 490. The number of aryl methyl sites for hydroxylation is 3. The van der Waals surface area contributed by atoms with Crippen LogP contribution in [0.3, 0.4) is 0 Å². The molecule has 1 saturated heterocycles. The first-order valence-corrected chi connectivity index (χ1v) is 8.07. The van der Waals surface area contributed by atoms with Gasteiger partial charge in [0, 0.05) is 18.6 Å². The summed E-state index contributed by atoms with van der Waals surface area (Å²) in [6.45, 7) is 9.15. The Morgan fingerprint density at radius 3 is 2.45 bits per heavy atom. The molecule has 0 spiro atoms. The molecule has 0 bridgehead atoms. The Kier molecular flexibility index (Phi) is 3.87. The van der Waals surface area contributed by atoms with Crippen LogP contribution in [0.5, 0.6) is 0 Å². The van der Waals surface area contributed by atoms with Crippen molar-refractivity contribution in [1.29, 1.82) is 0 Å². The highest BCUT2D eigenvalue weighted by atomic mass is 15.2. The Morgan fingerprint density at radius 2 is 1.75 bits per heavy atom. The summed E-state index contributed by atoms with van der Waals surface area (Å²) in [7, 11) is 2.29. The van der Waals surface area contributed by atoms with Crippen molar-refractivity contribution in [1.82, 2.24) is 10.2 Å². The quantitative estimate of drug-likeness (QED) is 0.904. The lowest BCUT2D eigenvalue weighted by Crippen LogP contribution is -2.30. The fourth-order valence-electron chi connectivity index (χ4n) is 3.64. The number of hydrogen-bond donors (Lipinski definition) is 1. The third-order valence-corrected chi connectivity index (χ3v) is 5.22. The van der Waals surface area contributed by atoms with Crippen molar-refractivity contribution in [3.63, 3.8) is 0 Å². The summed E-state index contributed by atoms with van der Waals surface area (Å²) in [5.41, 5.74) is 5.86. The lowest BCUT2D eigenvalue weighted by atomic mass is 9.88. The molecule has 20 heavy (non-hydrogen) atoms. The molecule has 1 heterocycles. The van der Waals surface area contributed by atoms with Crippen LogP contribution in [0.1, 0.15) is 47.6 Å². The average molecular weight is 272 g/mol. The molecule has 2 atom stereocenters. The van der Waals surface area contributed by atoms with Gasteiger partial charge in [0.1, 0.15) is 0 Å². The summed E-state index contributed by atoms with van der Waals surface area (Å²) in [4.78, 5) is 2.55. The van der Waals surface area contributed by atoms with Crippen LogP contribution in [0.25, 0.3) is 0 Å². The maximum atomic E-state index is 3.74. The van der Waals surface area contributed by atoms with Gasteiger partial charge < -0.3 is 5.32 Å². The zero-order valence-corrected chi connectivity index (χ0v) is 13.4. The zero-order chi connectivity index (χ0) is 14.3. The van der Waals surface area contributed by atoms with E-state index < -0.39 is 0 Å². The second-order valence-electron chi connectivity index (χ2n) is 6.95. The lowest BCUT2D eigenvalue weighted by Gasteiger charge is -2.28. The van der Waals surface area contributed by atoms with Crippen molar-refractivity contribution in [2.75, 3.05) is 20.1 Å². The molecule has 1 saturated carbocycles. The second kappa shape index (κ2) is 5.50. The van der Waals surface area contributed by atoms with Gasteiger partial charge in [0.25, 0.3) is 0 Å². The fourth-order valence-corrected chi connectivity index (χ4v) is 3.64. The smallest absolute Gasteiger partial charge is 0.0388 e. The van der Waals surface area contributed by atoms with Gasteiger partial charge in [-0.15, -0.1) is 0 Å². The van der Waals surface area contributed by atoms with Gasteiger partial charge in [0.2, 0.25) is 0 Å². The molecular formula is C18H28N2. The first-order valence-electron chi connectivity index (χ1n) is 8.07. The van der Waals surface area contributed by atoms with E-state index in [9.17, 15) is 0 Å². The molecule has 2 heteroatoms. The summed E-state index contributed by atoms with van der Waals surface area (Å²) < 4.78 is 0. The van der Waals surface area contributed by atoms with Gasteiger partial charge in [-0.3, -0.25) is 4.90 Å². The molecular weight excluding hydrogens is 244 g/mol. The molecule has 2 unspecified atom stereocenters. The molecule has 1 aliphatic heterocycles. The van der Waals surface area contributed by atoms with Gasteiger partial charge in [0.05, 0.1) is 0 Å². The number of rotatable bonds is 4. The summed E-state index contributed by atoms with van der Waals surface area (Å²) in [5.74, 6) is 0.765. The highest BCUT2D eigenvalue weighted by Gasteiger charge is 2.34. The van der Waals surface area contributed by atoms with E-state index in [1.807, 2.05) is 0 Å². The van der Waals surface area contributed by atoms with E-state index in [1.54, 1.807) is 5.56 Å². The normalized spacial score (nSPS) is 27.2. The first kappa shape index (κ1) is 14.1. The minimum atomic E-state index is 0.598. The van der Waals surface area contributed by atoms with E-state index >= 15 is 0 Å². The summed E-state index contributed by atoms with van der Waals surface area (Å²) in [5, 5.41) is 3.74. The van der Waals surface area contributed by atoms with Crippen LogP contribution >= 0.6 is 0 Å². The molecule has 110 valence electrons. The minimum Gasteiger partial charge on any atom is -0.314 e. The van der Waals surface area contributed by atoms with Crippen LogP contribution in [-0.2, 0) is 0 Å². The van der Waals surface area contributed by atoms with E-state index in [4.69, 9.17) is 0 Å². The molecule has 0 radical (unpaired) electrons. The van der Waals surface area contributed by atoms with Crippen molar-refractivity contribution in [2.24, 2.45) is 5.92 Å². The van der Waals surface area contributed by atoms with Crippen molar-refractivity contribution in [2.45, 2.75) is 52.1 Å². The molecule has 2 fully saturated rings. The van der Waals surface area contributed by atoms with Gasteiger partial charge in [-0.1, -0.05) is 12.1 Å². The van der Waals surface area contributed by atoms with Crippen LogP contribution in [0.4, 0.5) is 0 Å². The van der Waals surface area contributed by atoms with E-state index in [-0.39, 0.29) is 0 Å². The monoisotopic (exact) mass is 272 g/mol. The average Bonchev–Trinajstić information content (AvgIpc) is 3.16. The molecule has 3 rings (SSSR count). The fraction of sp³-hybridized carbons (Fsp3) is 0.667. The molecule has 2 nitrogen and oxygen atoms in total. The summed E-state index contributed by atoms with van der Waals surface area (Å²) in [6.07, 6.45) is 4.10. The third kappa shape index (κ3) is 2.77. The van der Waals surface area contributed by atoms with Gasteiger partial charge in [0.15, 0.2) is 0 Å². The molecule has 0 aromatic heterocycles. The van der Waals surface area contributed by atoms with E-state index in [0.717, 1.165) is 12.0 Å². The standard InChI is InChI=1S/C18H28N2/c1-12-9-14(3)17(10-13(12)2)18-15(7-8-20(18)4)11-19-16-5-6-16/h9-10,15-16,18-19H,5-8,11H2,1-4H3. The van der Waals surface area contributed by atoms with Crippen LogP contribution in [0.2, 0.25) is 0 Å². The number of benzene rings is 1. The minimum absolute atomic E-state index is 0.598. The number of nitrogens with zero attached hydrogens (tertiary/aromatic N) is 1. The lowest BCUT2D eigenvalue weighted by molar-refractivity contribution is 0.271. The largest absolute Gasteiger partial charge is 0.314 e. The number of hydrogen-bond acceptors (Lipinski definition) is 2. The Balaban J connectivity index is 1.82. The van der Waals surface area contributed by atoms with Gasteiger partial charge >= 0.3 is 0 Å². The van der Waals surface area contributed by atoms with Crippen molar-refractivity contribution in [3.8, 4) is 0 Å².